The van der Waals surface area contributed by atoms with Gasteiger partial charge in [-0.25, -0.2) is 4.79 Å². The van der Waals surface area contributed by atoms with Gasteiger partial charge in [0.05, 0.1) is 0 Å². The van der Waals surface area contributed by atoms with Gasteiger partial charge in [-0.1, -0.05) is 0 Å². The monoisotopic (exact) mass is 190 g/mol. The van der Waals surface area contributed by atoms with Crippen LogP contribution in [0.4, 0.5) is 17.6 Å². The van der Waals surface area contributed by atoms with Gasteiger partial charge in [0.1, 0.15) is 0 Å². The Labute approximate surface area is 64.9 Å². The van der Waals surface area contributed by atoms with Crippen molar-refractivity contribution in [2.45, 2.75) is 19.0 Å². The molecule has 3 nitrogen and oxygen atoms in total. The van der Waals surface area contributed by atoms with Crippen LogP contribution in [0.15, 0.2) is 0 Å². The fourth-order valence-electron chi connectivity index (χ4n) is 0.464. The summed E-state index contributed by atoms with van der Waals surface area (Å²) in [7, 11) is 0. The van der Waals surface area contributed by atoms with Gasteiger partial charge in [0.25, 0.3) is 0 Å². The average Bonchev–Trinajstić information content (AvgIpc) is 1.85. The highest BCUT2D eigenvalue weighted by molar-refractivity contribution is 5.76. The third kappa shape index (κ3) is 1.84. The van der Waals surface area contributed by atoms with Crippen molar-refractivity contribution in [3.63, 3.8) is 0 Å². The van der Waals surface area contributed by atoms with Crippen molar-refractivity contribution in [1.29, 1.82) is 0 Å². The summed E-state index contributed by atoms with van der Waals surface area (Å²) in [6.45, 7) is 0.380. The molecular weight excluding hydrogens is 184 g/mol. The summed E-state index contributed by atoms with van der Waals surface area (Å²) in [5.41, 5.74) is 0. The third-order valence-corrected chi connectivity index (χ3v) is 0.983. The molecule has 72 valence electrons. The van der Waals surface area contributed by atoms with Gasteiger partial charge in [-0.05, 0) is 6.92 Å². The molecule has 0 radical (unpaired) electrons. The standard InChI is InChI=1S/C5H6F4O3/c1-2-12-4(6,3(10)11)5(7,8)9/h2H2,1H3,(H,10,11)/t4-/m1/s1. The summed E-state index contributed by atoms with van der Waals surface area (Å²) >= 11 is 0. The van der Waals surface area contributed by atoms with Crippen LogP contribution in [-0.2, 0) is 9.53 Å². The molecule has 0 aliphatic heterocycles. The summed E-state index contributed by atoms with van der Waals surface area (Å²) in [4.78, 5) is 9.84. The number of ether oxygens (including phenoxy) is 1. The van der Waals surface area contributed by atoms with E-state index in [2.05, 4.69) is 4.74 Å². The molecule has 12 heavy (non-hydrogen) atoms. The number of carboxylic acid groups (broad SMARTS) is 1. The van der Waals surface area contributed by atoms with Crippen molar-refractivity contribution in [2.75, 3.05) is 6.61 Å². The summed E-state index contributed by atoms with van der Waals surface area (Å²) in [5, 5.41) is 7.88. The molecule has 0 fully saturated rings. The zero-order valence-corrected chi connectivity index (χ0v) is 5.98. The maximum atomic E-state index is 12.5. The third-order valence-electron chi connectivity index (χ3n) is 0.983. The van der Waals surface area contributed by atoms with Crippen LogP contribution in [0.1, 0.15) is 6.92 Å². The van der Waals surface area contributed by atoms with Crippen molar-refractivity contribution < 1.29 is 32.2 Å². The molecule has 0 spiro atoms. The molecular formula is C5H6F4O3. The Kier molecular flexibility index (Phi) is 3.03. The molecule has 0 bridgehead atoms. The van der Waals surface area contributed by atoms with E-state index in [0.29, 0.717) is 0 Å². The molecule has 0 heterocycles. The Hall–Kier alpha value is -0.850. The molecule has 7 heteroatoms. The highest BCUT2D eigenvalue weighted by Gasteiger charge is 2.64. The largest absolute Gasteiger partial charge is 0.477 e. The van der Waals surface area contributed by atoms with E-state index in [0.717, 1.165) is 6.92 Å². The summed E-state index contributed by atoms with van der Waals surface area (Å²) in [6, 6.07) is 0. The van der Waals surface area contributed by atoms with Crippen molar-refractivity contribution in [2.24, 2.45) is 0 Å². The lowest BCUT2D eigenvalue weighted by molar-refractivity contribution is -0.321. The number of aliphatic carboxylic acids is 1. The highest BCUT2D eigenvalue weighted by atomic mass is 19.4. The predicted octanol–water partition coefficient (Wildman–Crippen LogP) is 1.34. The van der Waals surface area contributed by atoms with Gasteiger partial charge < -0.3 is 9.84 Å². The lowest BCUT2D eigenvalue weighted by Crippen LogP contribution is -2.50. The average molecular weight is 190 g/mol. The van der Waals surface area contributed by atoms with Crippen LogP contribution in [0.25, 0.3) is 0 Å². The second-order valence-corrected chi connectivity index (χ2v) is 1.83. The lowest BCUT2D eigenvalue weighted by Gasteiger charge is -2.22. The molecule has 0 aliphatic carbocycles. The first-order chi connectivity index (χ1) is 5.25. The van der Waals surface area contributed by atoms with E-state index in [1.54, 1.807) is 0 Å². The first kappa shape index (κ1) is 11.2. The molecule has 0 aromatic rings. The fraction of sp³-hybridized carbons (Fsp3) is 0.800. The minimum absolute atomic E-state index is 0.678. The van der Waals surface area contributed by atoms with Crippen LogP contribution in [-0.4, -0.2) is 29.7 Å². The normalized spacial score (nSPS) is 17.1. The maximum absolute atomic E-state index is 12.5. The van der Waals surface area contributed by atoms with Crippen LogP contribution in [0.3, 0.4) is 0 Å². The zero-order valence-electron chi connectivity index (χ0n) is 5.98. The van der Waals surface area contributed by atoms with Crippen LogP contribution in [0.2, 0.25) is 0 Å². The van der Waals surface area contributed by atoms with Crippen molar-refractivity contribution in [1.82, 2.24) is 0 Å². The van der Waals surface area contributed by atoms with E-state index < -0.39 is 24.6 Å². The summed E-state index contributed by atoms with van der Waals surface area (Å²) in [5.74, 6) is -7.29. The minimum atomic E-state index is -5.56. The van der Waals surface area contributed by atoms with Crippen LogP contribution in [0.5, 0.6) is 0 Å². The van der Waals surface area contributed by atoms with E-state index >= 15 is 0 Å². The number of carboxylic acids is 1. The molecule has 0 aromatic heterocycles. The maximum Gasteiger partial charge on any atom is 0.460 e. The number of rotatable bonds is 3. The highest BCUT2D eigenvalue weighted by Crippen LogP contribution is 2.35. The molecule has 1 atom stereocenters. The van der Waals surface area contributed by atoms with Gasteiger partial charge in [0.2, 0.25) is 0 Å². The molecule has 0 amide bonds. The predicted molar refractivity (Wildman–Crippen MR) is 29.2 cm³/mol. The summed E-state index contributed by atoms with van der Waals surface area (Å²) in [6.07, 6.45) is -5.56. The van der Waals surface area contributed by atoms with Gasteiger partial charge in [0, 0.05) is 6.61 Å². The van der Waals surface area contributed by atoms with Crippen LogP contribution < -0.4 is 0 Å². The lowest BCUT2D eigenvalue weighted by atomic mass is 10.3. The molecule has 0 saturated carbocycles. The molecule has 0 aromatic carbocycles. The molecule has 1 N–H and O–H groups in total. The molecule has 0 rings (SSSR count). The quantitative estimate of drug-likeness (QED) is 0.683. The van der Waals surface area contributed by atoms with Crippen molar-refractivity contribution >= 4 is 5.97 Å². The number of hydrogen-bond acceptors (Lipinski definition) is 2. The first-order valence-corrected chi connectivity index (χ1v) is 2.88. The SMILES string of the molecule is CCO[C@](F)(C(=O)O)C(F)(F)F. The van der Waals surface area contributed by atoms with Gasteiger partial charge in [-0.2, -0.15) is 17.6 Å². The van der Waals surface area contributed by atoms with Gasteiger partial charge >= 0.3 is 18.0 Å². The zero-order chi connectivity index (χ0) is 9.99. The Morgan fingerprint density at radius 1 is 1.42 bits per heavy atom. The van der Waals surface area contributed by atoms with Crippen LogP contribution >= 0.6 is 0 Å². The molecule has 0 saturated heterocycles. The number of hydrogen-bond donors (Lipinski definition) is 1. The Balaban J connectivity index is 4.75. The second-order valence-electron chi connectivity index (χ2n) is 1.83. The topological polar surface area (TPSA) is 46.5 Å². The second kappa shape index (κ2) is 3.26. The van der Waals surface area contributed by atoms with E-state index in [1.165, 1.54) is 0 Å². The number of carbonyl (C=O) groups is 1. The number of alkyl halides is 4. The smallest absolute Gasteiger partial charge is 0.460 e. The van der Waals surface area contributed by atoms with E-state index in [4.69, 9.17) is 5.11 Å². The van der Waals surface area contributed by atoms with Gasteiger partial charge in [-0.15, -0.1) is 0 Å². The molecule has 0 unspecified atom stereocenters. The fourth-order valence-corrected chi connectivity index (χ4v) is 0.464. The Bertz CT molecular complexity index is 178. The minimum Gasteiger partial charge on any atom is -0.477 e. The van der Waals surface area contributed by atoms with Crippen molar-refractivity contribution in [3.05, 3.63) is 0 Å². The van der Waals surface area contributed by atoms with E-state index in [1.807, 2.05) is 0 Å². The van der Waals surface area contributed by atoms with Crippen LogP contribution in [0, 0.1) is 0 Å². The summed E-state index contributed by atoms with van der Waals surface area (Å²) < 4.78 is 50.9. The van der Waals surface area contributed by atoms with Crippen molar-refractivity contribution in [3.8, 4) is 0 Å². The Morgan fingerprint density at radius 2 is 1.83 bits per heavy atom. The van der Waals surface area contributed by atoms with E-state index in [9.17, 15) is 22.4 Å². The Morgan fingerprint density at radius 3 is 1.92 bits per heavy atom. The first-order valence-electron chi connectivity index (χ1n) is 2.88. The van der Waals surface area contributed by atoms with E-state index in [-0.39, 0.29) is 0 Å². The van der Waals surface area contributed by atoms with Gasteiger partial charge in [0.15, 0.2) is 0 Å². The van der Waals surface area contributed by atoms with Gasteiger partial charge in [-0.3, -0.25) is 0 Å². The number of halogens is 4. The molecule has 0 aliphatic rings.